The molecule has 1 aliphatic rings. The predicted molar refractivity (Wildman–Crippen MR) is 103 cm³/mol. The molecular formula is C20H25NO4S. The van der Waals surface area contributed by atoms with Gasteiger partial charge in [0.1, 0.15) is 16.4 Å². The van der Waals surface area contributed by atoms with E-state index < -0.39 is 10.0 Å². The average molecular weight is 375 g/mol. The first-order valence-corrected chi connectivity index (χ1v) is 10.4. The number of hydrogen-bond donors (Lipinski definition) is 1. The number of sulfonamides is 1. The molecule has 0 spiro atoms. The van der Waals surface area contributed by atoms with Gasteiger partial charge in [-0.3, -0.25) is 4.72 Å². The van der Waals surface area contributed by atoms with Gasteiger partial charge in [-0.2, -0.15) is 0 Å². The maximum Gasteiger partial charge on any atom is 0.265 e. The molecule has 0 unspecified atom stereocenters. The van der Waals surface area contributed by atoms with E-state index in [2.05, 4.69) is 4.72 Å². The Morgan fingerprint density at radius 2 is 1.62 bits per heavy atom. The molecule has 6 heteroatoms. The summed E-state index contributed by atoms with van der Waals surface area (Å²) in [7, 11) is -2.24. The molecule has 0 heterocycles. The fourth-order valence-electron chi connectivity index (χ4n) is 3.19. The van der Waals surface area contributed by atoms with Crippen LogP contribution in [0.15, 0.2) is 41.3 Å². The van der Waals surface area contributed by atoms with Crippen LogP contribution in [0.5, 0.6) is 11.5 Å². The van der Waals surface area contributed by atoms with Crippen molar-refractivity contribution in [3.8, 4) is 11.5 Å². The van der Waals surface area contributed by atoms with E-state index >= 15 is 0 Å². The minimum Gasteiger partial charge on any atom is -0.495 e. The SMILES string of the molecule is COc1cc2c(cc1S(=O)(=O)Nc1ccc(OC(C)C)cc1)CCCC2. The molecule has 2 aromatic carbocycles. The molecule has 0 atom stereocenters. The van der Waals surface area contributed by atoms with Gasteiger partial charge in [-0.25, -0.2) is 8.42 Å². The summed E-state index contributed by atoms with van der Waals surface area (Å²) in [6.07, 6.45) is 4.16. The fourth-order valence-corrected chi connectivity index (χ4v) is 4.45. The molecule has 140 valence electrons. The van der Waals surface area contributed by atoms with E-state index in [1.807, 2.05) is 19.9 Å². The minimum absolute atomic E-state index is 0.0669. The van der Waals surface area contributed by atoms with Crippen LogP contribution in [0.2, 0.25) is 0 Å². The van der Waals surface area contributed by atoms with Crippen molar-refractivity contribution in [2.45, 2.75) is 50.5 Å². The lowest BCUT2D eigenvalue weighted by molar-refractivity contribution is 0.242. The second-order valence-electron chi connectivity index (χ2n) is 6.78. The Morgan fingerprint density at radius 1 is 1.00 bits per heavy atom. The van der Waals surface area contributed by atoms with Crippen molar-refractivity contribution in [3.05, 3.63) is 47.5 Å². The molecule has 1 N–H and O–H groups in total. The van der Waals surface area contributed by atoms with Gasteiger partial charge in [-0.05, 0) is 87.1 Å². The molecule has 1 aliphatic carbocycles. The molecule has 0 saturated heterocycles. The minimum atomic E-state index is -3.74. The van der Waals surface area contributed by atoms with Crippen LogP contribution in [0.4, 0.5) is 5.69 Å². The Bertz CT molecular complexity index is 873. The van der Waals surface area contributed by atoms with Crippen molar-refractivity contribution in [2.75, 3.05) is 11.8 Å². The van der Waals surface area contributed by atoms with Crippen LogP contribution in [-0.2, 0) is 22.9 Å². The van der Waals surface area contributed by atoms with Gasteiger partial charge in [0.05, 0.1) is 13.2 Å². The lowest BCUT2D eigenvalue weighted by Crippen LogP contribution is -2.16. The molecule has 3 rings (SSSR count). The first kappa shape index (κ1) is 18.6. The van der Waals surface area contributed by atoms with Crippen molar-refractivity contribution < 1.29 is 17.9 Å². The molecule has 0 saturated carbocycles. The second-order valence-corrected chi connectivity index (χ2v) is 8.43. The van der Waals surface area contributed by atoms with Crippen molar-refractivity contribution in [1.29, 1.82) is 0 Å². The van der Waals surface area contributed by atoms with Crippen LogP contribution in [0, 0.1) is 0 Å². The number of benzene rings is 2. The Balaban J connectivity index is 1.88. The third kappa shape index (κ3) is 4.12. The number of nitrogens with one attached hydrogen (secondary N) is 1. The van der Waals surface area contributed by atoms with Crippen LogP contribution in [-0.4, -0.2) is 21.6 Å². The van der Waals surface area contributed by atoms with Gasteiger partial charge in [0.25, 0.3) is 10.0 Å². The Labute approximate surface area is 155 Å². The summed E-state index contributed by atoms with van der Waals surface area (Å²) >= 11 is 0. The summed E-state index contributed by atoms with van der Waals surface area (Å²) in [5, 5.41) is 0. The predicted octanol–water partition coefficient (Wildman–Crippen LogP) is 4.16. The van der Waals surface area contributed by atoms with E-state index in [0.29, 0.717) is 17.2 Å². The molecule has 2 aromatic rings. The number of fused-ring (bicyclic) bond motifs is 1. The summed E-state index contributed by atoms with van der Waals surface area (Å²) in [5.41, 5.74) is 2.77. The number of rotatable bonds is 6. The third-order valence-electron chi connectivity index (χ3n) is 4.40. The molecular weight excluding hydrogens is 350 g/mol. The van der Waals surface area contributed by atoms with Crippen LogP contribution >= 0.6 is 0 Å². The molecule has 26 heavy (non-hydrogen) atoms. The summed E-state index contributed by atoms with van der Waals surface area (Å²) in [6, 6.07) is 10.5. The van der Waals surface area contributed by atoms with E-state index in [4.69, 9.17) is 9.47 Å². The summed E-state index contributed by atoms with van der Waals surface area (Å²) < 4.78 is 39.4. The zero-order valence-electron chi connectivity index (χ0n) is 15.4. The highest BCUT2D eigenvalue weighted by Gasteiger charge is 2.23. The maximum absolute atomic E-state index is 12.9. The van der Waals surface area contributed by atoms with Gasteiger partial charge in [0, 0.05) is 5.69 Å². The highest BCUT2D eigenvalue weighted by atomic mass is 32.2. The number of ether oxygens (including phenoxy) is 2. The normalized spacial score (nSPS) is 14.0. The van der Waals surface area contributed by atoms with Crippen molar-refractivity contribution in [3.63, 3.8) is 0 Å². The molecule has 0 aliphatic heterocycles. The Kier molecular flexibility index (Phi) is 5.41. The summed E-state index contributed by atoms with van der Waals surface area (Å²) in [5.74, 6) is 1.09. The Morgan fingerprint density at radius 3 is 2.19 bits per heavy atom. The van der Waals surface area contributed by atoms with Gasteiger partial charge in [0.15, 0.2) is 0 Å². The van der Waals surface area contributed by atoms with Gasteiger partial charge in [0.2, 0.25) is 0 Å². The van der Waals surface area contributed by atoms with Gasteiger partial charge < -0.3 is 9.47 Å². The van der Waals surface area contributed by atoms with Gasteiger partial charge in [-0.15, -0.1) is 0 Å². The molecule has 0 aromatic heterocycles. The van der Waals surface area contributed by atoms with Crippen LogP contribution in [0.25, 0.3) is 0 Å². The fraction of sp³-hybridized carbons (Fsp3) is 0.400. The molecule has 0 bridgehead atoms. The maximum atomic E-state index is 12.9. The Hall–Kier alpha value is -2.21. The first-order chi connectivity index (χ1) is 12.4. The summed E-state index contributed by atoms with van der Waals surface area (Å²) in [4.78, 5) is 0.183. The average Bonchev–Trinajstić information content (AvgIpc) is 2.61. The number of methoxy groups -OCH3 is 1. The summed E-state index contributed by atoms with van der Waals surface area (Å²) in [6.45, 7) is 3.89. The topological polar surface area (TPSA) is 64.6 Å². The molecule has 5 nitrogen and oxygen atoms in total. The van der Waals surface area contributed by atoms with Gasteiger partial charge in [-0.1, -0.05) is 0 Å². The van der Waals surface area contributed by atoms with Crippen LogP contribution in [0.1, 0.15) is 37.8 Å². The lowest BCUT2D eigenvalue weighted by Gasteiger charge is -2.19. The zero-order chi connectivity index (χ0) is 18.7. The van der Waals surface area contributed by atoms with Crippen molar-refractivity contribution in [2.24, 2.45) is 0 Å². The number of aryl methyl sites for hydroxylation is 2. The van der Waals surface area contributed by atoms with E-state index in [-0.39, 0.29) is 11.0 Å². The molecule has 0 fully saturated rings. The highest BCUT2D eigenvalue weighted by Crippen LogP contribution is 2.33. The lowest BCUT2D eigenvalue weighted by atomic mass is 9.92. The standard InChI is InChI=1S/C20H25NO4S/c1-14(2)25-18-10-8-17(9-11-18)21-26(22,23)20-13-16-7-5-4-6-15(16)12-19(20)24-3/h8-14,21H,4-7H2,1-3H3. The van der Waals surface area contributed by atoms with Crippen LogP contribution < -0.4 is 14.2 Å². The van der Waals surface area contributed by atoms with E-state index in [9.17, 15) is 8.42 Å². The molecule has 0 radical (unpaired) electrons. The van der Waals surface area contributed by atoms with Crippen molar-refractivity contribution in [1.82, 2.24) is 0 Å². The monoisotopic (exact) mass is 375 g/mol. The van der Waals surface area contributed by atoms with Gasteiger partial charge >= 0.3 is 0 Å². The smallest absolute Gasteiger partial charge is 0.265 e. The second kappa shape index (κ2) is 7.58. The zero-order valence-corrected chi connectivity index (χ0v) is 16.2. The van der Waals surface area contributed by atoms with E-state index in [0.717, 1.165) is 31.2 Å². The quantitative estimate of drug-likeness (QED) is 0.823. The number of hydrogen-bond acceptors (Lipinski definition) is 4. The van der Waals surface area contributed by atoms with Crippen molar-refractivity contribution >= 4 is 15.7 Å². The largest absolute Gasteiger partial charge is 0.495 e. The molecule has 0 amide bonds. The first-order valence-electron chi connectivity index (χ1n) is 8.88. The van der Waals surface area contributed by atoms with Crippen LogP contribution in [0.3, 0.4) is 0 Å². The van der Waals surface area contributed by atoms with E-state index in [1.165, 1.54) is 12.7 Å². The van der Waals surface area contributed by atoms with E-state index in [1.54, 1.807) is 30.3 Å². The third-order valence-corrected chi connectivity index (χ3v) is 5.80. The highest BCUT2D eigenvalue weighted by molar-refractivity contribution is 7.92. The number of anilines is 1.